The number of rotatable bonds is 5. The van der Waals surface area contributed by atoms with Crippen LogP contribution >= 0.6 is 11.8 Å². The van der Waals surface area contributed by atoms with Crippen molar-refractivity contribution >= 4 is 29.0 Å². The lowest BCUT2D eigenvalue weighted by atomic mass is 10.2. The van der Waals surface area contributed by atoms with Crippen LogP contribution in [0.15, 0.2) is 54.0 Å². The second-order valence-electron chi connectivity index (χ2n) is 5.98. The van der Waals surface area contributed by atoms with Gasteiger partial charge in [0, 0.05) is 24.5 Å². The van der Waals surface area contributed by atoms with Crippen molar-refractivity contribution in [2.75, 3.05) is 6.54 Å². The van der Waals surface area contributed by atoms with Gasteiger partial charge >= 0.3 is 0 Å². The van der Waals surface area contributed by atoms with Gasteiger partial charge in [0.2, 0.25) is 0 Å². The predicted octanol–water partition coefficient (Wildman–Crippen LogP) is 4.38. The Morgan fingerprint density at radius 1 is 1.16 bits per heavy atom. The minimum atomic E-state index is -0.247. The second-order valence-corrected chi connectivity index (χ2v) is 6.97. The van der Waals surface area contributed by atoms with Crippen LogP contribution in [0, 0.1) is 13.8 Å². The van der Waals surface area contributed by atoms with Gasteiger partial charge in [0.25, 0.3) is 11.1 Å². The number of amides is 2. The number of aromatic nitrogens is 1. The van der Waals surface area contributed by atoms with Crippen LogP contribution < -0.4 is 0 Å². The van der Waals surface area contributed by atoms with Crippen molar-refractivity contribution in [3.8, 4) is 0 Å². The summed E-state index contributed by atoms with van der Waals surface area (Å²) in [6.45, 7) is 8.71. The molecule has 0 unspecified atom stereocenters. The summed E-state index contributed by atoms with van der Waals surface area (Å²) in [6.07, 6.45) is 3.38. The summed E-state index contributed by atoms with van der Waals surface area (Å²) in [5.41, 5.74) is 4.40. The number of hydrogen-bond acceptors (Lipinski definition) is 3. The van der Waals surface area contributed by atoms with Crippen molar-refractivity contribution in [1.82, 2.24) is 9.47 Å². The van der Waals surface area contributed by atoms with Gasteiger partial charge in [-0.1, -0.05) is 36.4 Å². The zero-order chi connectivity index (χ0) is 18.0. The Bertz CT molecular complexity index is 865. The number of hydrogen-bond donors (Lipinski definition) is 0. The molecule has 0 N–H and O–H groups in total. The van der Waals surface area contributed by atoms with Crippen LogP contribution in [0.2, 0.25) is 0 Å². The third-order valence-corrected chi connectivity index (χ3v) is 5.18. The van der Waals surface area contributed by atoms with E-state index in [1.807, 2.05) is 31.2 Å². The molecule has 1 aromatic heterocycles. The number of benzene rings is 1. The molecule has 0 bridgehead atoms. The normalized spacial score (nSPS) is 16.1. The van der Waals surface area contributed by atoms with Gasteiger partial charge in [-0.2, -0.15) is 0 Å². The zero-order valence-corrected chi connectivity index (χ0v) is 15.2. The Kier molecular flexibility index (Phi) is 4.95. The largest absolute Gasteiger partial charge is 0.344 e. The smallest absolute Gasteiger partial charge is 0.293 e. The van der Waals surface area contributed by atoms with Crippen molar-refractivity contribution in [2.45, 2.75) is 20.4 Å². The molecule has 1 saturated heterocycles. The summed E-state index contributed by atoms with van der Waals surface area (Å²) in [4.78, 5) is 26.0. The predicted molar refractivity (Wildman–Crippen MR) is 102 cm³/mol. The first-order valence-corrected chi connectivity index (χ1v) is 8.90. The maximum absolute atomic E-state index is 12.4. The molecule has 2 heterocycles. The lowest BCUT2D eigenvalue weighted by molar-refractivity contribution is -0.122. The van der Waals surface area contributed by atoms with E-state index in [-0.39, 0.29) is 17.7 Å². The van der Waals surface area contributed by atoms with Crippen LogP contribution in [0.5, 0.6) is 0 Å². The molecule has 1 aliphatic heterocycles. The molecule has 128 valence electrons. The van der Waals surface area contributed by atoms with Gasteiger partial charge in [-0.3, -0.25) is 14.5 Å². The maximum atomic E-state index is 12.4. The molecule has 1 aromatic carbocycles. The summed E-state index contributed by atoms with van der Waals surface area (Å²) >= 11 is 0.986. The van der Waals surface area contributed by atoms with E-state index in [4.69, 9.17) is 0 Å². The van der Waals surface area contributed by atoms with Crippen LogP contribution in [-0.4, -0.2) is 27.2 Å². The van der Waals surface area contributed by atoms with E-state index in [2.05, 4.69) is 36.3 Å². The molecule has 25 heavy (non-hydrogen) atoms. The third-order valence-electron chi connectivity index (χ3n) is 4.27. The number of imide groups is 1. The highest BCUT2D eigenvalue weighted by molar-refractivity contribution is 8.18. The monoisotopic (exact) mass is 352 g/mol. The topological polar surface area (TPSA) is 42.3 Å². The molecule has 2 amide bonds. The Labute approximate surface area is 151 Å². The second kappa shape index (κ2) is 7.15. The molecule has 2 aromatic rings. The number of carbonyl (C=O) groups is 2. The molecule has 3 rings (SSSR count). The van der Waals surface area contributed by atoms with Crippen LogP contribution in [0.3, 0.4) is 0 Å². The van der Waals surface area contributed by atoms with Crippen molar-refractivity contribution in [1.29, 1.82) is 0 Å². The summed E-state index contributed by atoms with van der Waals surface area (Å²) in [7, 11) is 0. The minimum Gasteiger partial charge on any atom is -0.344 e. The number of thioether (sulfide) groups is 1. The Hall–Kier alpha value is -2.53. The van der Waals surface area contributed by atoms with Crippen molar-refractivity contribution in [3.63, 3.8) is 0 Å². The van der Waals surface area contributed by atoms with Gasteiger partial charge in [-0.25, -0.2) is 0 Å². The summed E-state index contributed by atoms with van der Waals surface area (Å²) in [6, 6.07) is 12.3. The SMILES string of the molecule is C=CCN1C(=O)S/C(=C/c2cc(C)n(Cc3ccccc3)c2C)C1=O. The van der Waals surface area contributed by atoms with Crippen molar-refractivity contribution in [3.05, 3.63) is 76.5 Å². The van der Waals surface area contributed by atoms with Gasteiger partial charge in [0.05, 0.1) is 4.91 Å². The van der Waals surface area contributed by atoms with E-state index in [0.717, 1.165) is 35.3 Å². The fraction of sp³-hybridized carbons (Fsp3) is 0.200. The van der Waals surface area contributed by atoms with Gasteiger partial charge < -0.3 is 4.57 Å². The average Bonchev–Trinajstić information content (AvgIpc) is 3.01. The third kappa shape index (κ3) is 3.46. The van der Waals surface area contributed by atoms with E-state index in [1.54, 1.807) is 6.08 Å². The highest BCUT2D eigenvalue weighted by atomic mass is 32.2. The van der Waals surface area contributed by atoms with Crippen LogP contribution in [0.1, 0.15) is 22.5 Å². The quantitative estimate of drug-likeness (QED) is 0.592. The summed E-state index contributed by atoms with van der Waals surface area (Å²) in [5.74, 6) is -0.247. The summed E-state index contributed by atoms with van der Waals surface area (Å²) in [5, 5.41) is -0.241. The molecule has 0 saturated carbocycles. The molecule has 1 aliphatic rings. The van der Waals surface area contributed by atoms with Crippen LogP contribution in [0.4, 0.5) is 4.79 Å². The van der Waals surface area contributed by atoms with E-state index in [1.165, 1.54) is 10.5 Å². The Balaban J connectivity index is 1.89. The molecular weight excluding hydrogens is 332 g/mol. The highest BCUT2D eigenvalue weighted by Gasteiger charge is 2.34. The van der Waals surface area contributed by atoms with Gasteiger partial charge in [-0.15, -0.1) is 6.58 Å². The van der Waals surface area contributed by atoms with Gasteiger partial charge in [-0.05, 0) is 48.9 Å². The number of nitrogens with zero attached hydrogens (tertiary/aromatic N) is 2. The molecule has 4 nitrogen and oxygen atoms in total. The minimum absolute atomic E-state index is 0.241. The average molecular weight is 352 g/mol. The van der Waals surface area contributed by atoms with Crippen LogP contribution in [0.25, 0.3) is 6.08 Å². The molecule has 1 fully saturated rings. The molecule has 0 spiro atoms. The van der Waals surface area contributed by atoms with E-state index in [9.17, 15) is 9.59 Å². The molecule has 0 radical (unpaired) electrons. The molecular formula is C20H20N2O2S. The fourth-order valence-corrected chi connectivity index (χ4v) is 3.75. The van der Waals surface area contributed by atoms with E-state index >= 15 is 0 Å². The van der Waals surface area contributed by atoms with Crippen LogP contribution in [-0.2, 0) is 11.3 Å². The highest BCUT2D eigenvalue weighted by Crippen LogP contribution is 2.33. The standard InChI is InChI=1S/C20H20N2O2S/c1-4-10-21-19(23)18(25-20(21)24)12-17-11-14(2)22(15(17)3)13-16-8-6-5-7-9-16/h4-9,11-12H,1,10,13H2,2-3H3/b18-12+. The first-order valence-electron chi connectivity index (χ1n) is 8.08. The van der Waals surface area contributed by atoms with Crippen molar-refractivity contribution < 1.29 is 9.59 Å². The lowest BCUT2D eigenvalue weighted by Crippen LogP contribution is -2.27. The zero-order valence-electron chi connectivity index (χ0n) is 14.4. The molecule has 0 atom stereocenters. The van der Waals surface area contributed by atoms with E-state index in [0.29, 0.717) is 4.91 Å². The van der Waals surface area contributed by atoms with E-state index < -0.39 is 0 Å². The summed E-state index contributed by atoms with van der Waals surface area (Å²) < 4.78 is 2.22. The van der Waals surface area contributed by atoms with Gasteiger partial charge in [0.15, 0.2) is 0 Å². The maximum Gasteiger partial charge on any atom is 0.293 e. The van der Waals surface area contributed by atoms with Crippen molar-refractivity contribution in [2.24, 2.45) is 0 Å². The Morgan fingerprint density at radius 3 is 2.56 bits per heavy atom. The number of carbonyl (C=O) groups excluding carboxylic acids is 2. The first kappa shape index (κ1) is 17.3. The molecule has 5 heteroatoms. The Morgan fingerprint density at radius 2 is 1.88 bits per heavy atom. The number of aryl methyl sites for hydroxylation is 1. The lowest BCUT2D eigenvalue weighted by Gasteiger charge is -2.09. The first-order chi connectivity index (χ1) is 12.0. The molecule has 0 aliphatic carbocycles. The fourth-order valence-electron chi connectivity index (χ4n) is 2.91. The van der Waals surface area contributed by atoms with Gasteiger partial charge in [0.1, 0.15) is 0 Å².